The highest BCUT2D eigenvalue weighted by atomic mass is 35.5. The van der Waals surface area contributed by atoms with Gasteiger partial charge in [-0.15, -0.1) is 0 Å². The van der Waals surface area contributed by atoms with Crippen LogP contribution in [0, 0.1) is 0 Å². The molecule has 2 rings (SSSR count). The zero-order valence-corrected chi connectivity index (χ0v) is 8.83. The van der Waals surface area contributed by atoms with Crippen LogP contribution in [-0.4, -0.2) is 9.55 Å². The highest BCUT2D eigenvalue weighted by molar-refractivity contribution is 6.33. The van der Waals surface area contributed by atoms with Gasteiger partial charge in [0, 0.05) is 22.4 Å². The minimum Gasteiger partial charge on any atom is -0.333 e. The first-order valence-electron chi connectivity index (χ1n) is 4.15. The van der Waals surface area contributed by atoms with Crippen molar-refractivity contribution in [3.8, 4) is 0 Å². The number of imidazole rings is 1. The molecule has 0 bridgehead atoms. The Hall–Kier alpha value is -0.990. The molecule has 0 aliphatic rings. The van der Waals surface area contributed by atoms with Crippen molar-refractivity contribution in [2.45, 2.75) is 6.54 Å². The average Bonchev–Trinajstić information content (AvgIpc) is 2.64. The lowest BCUT2D eigenvalue weighted by Crippen LogP contribution is -1.96. The van der Waals surface area contributed by atoms with Crippen LogP contribution in [0.3, 0.4) is 0 Å². The number of benzene rings is 1. The van der Waals surface area contributed by atoms with E-state index in [1.165, 1.54) is 0 Å². The molecule has 0 unspecified atom stereocenters. The Bertz CT molecular complexity index is 424. The van der Waals surface area contributed by atoms with Crippen LogP contribution in [0.25, 0.3) is 0 Å². The molecule has 0 aliphatic heterocycles. The molecule has 1 aromatic carbocycles. The van der Waals surface area contributed by atoms with Crippen molar-refractivity contribution in [1.29, 1.82) is 0 Å². The fourth-order valence-corrected chi connectivity index (χ4v) is 1.61. The number of aromatic nitrogens is 2. The molecule has 14 heavy (non-hydrogen) atoms. The maximum Gasteiger partial charge on any atom is 0.0949 e. The summed E-state index contributed by atoms with van der Waals surface area (Å²) in [6.07, 6.45) is 5.37. The van der Waals surface area contributed by atoms with Gasteiger partial charge in [0.2, 0.25) is 0 Å². The summed E-state index contributed by atoms with van der Waals surface area (Å²) in [5, 5.41) is 1.42. The predicted octanol–water partition coefficient (Wildman–Crippen LogP) is 3.24. The van der Waals surface area contributed by atoms with Crippen molar-refractivity contribution in [3.63, 3.8) is 0 Å². The van der Waals surface area contributed by atoms with Gasteiger partial charge in [0.05, 0.1) is 12.9 Å². The van der Waals surface area contributed by atoms with Gasteiger partial charge < -0.3 is 4.57 Å². The summed E-state index contributed by atoms with van der Waals surface area (Å²) >= 11 is 11.9. The number of halogens is 2. The van der Waals surface area contributed by atoms with Gasteiger partial charge in [0.15, 0.2) is 0 Å². The molecule has 0 spiro atoms. The summed E-state index contributed by atoms with van der Waals surface area (Å²) in [4.78, 5) is 3.96. The molecule has 0 N–H and O–H groups in total. The molecular weight excluding hydrogens is 219 g/mol. The highest BCUT2D eigenvalue weighted by Gasteiger charge is 2.01. The summed E-state index contributed by atoms with van der Waals surface area (Å²) in [6.45, 7) is 0.694. The number of nitrogens with zero attached hydrogens (tertiary/aromatic N) is 2. The molecule has 1 heterocycles. The average molecular weight is 227 g/mol. The minimum absolute atomic E-state index is 0.694. The molecule has 0 fully saturated rings. The van der Waals surface area contributed by atoms with E-state index in [4.69, 9.17) is 23.2 Å². The molecule has 72 valence electrons. The summed E-state index contributed by atoms with van der Waals surface area (Å²) < 4.78 is 1.94. The van der Waals surface area contributed by atoms with Crippen LogP contribution in [0.2, 0.25) is 10.0 Å². The van der Waals surface area contributed by atoms with Crippen molar-refractivity contribution >= 4 is 23.2 Å². The maximum absolute atomic E-state index is 6.02. The minimum atomic E-state index is 0.694. The zero-order valence-electron chi connectivity index (χ0n) is 7.32. The lowest BCUT2D eigenvalue weighted by molar-refractivity contribution is 0.797. The fourth-order valence-electron chi connectivity index (χ4n) is 1.24. The summed E-state index contributed by atoms with van der Waals surface area (Å²) in [7, 11) is 0. The highest BCUT2D eigenvalue weighted by Crippen LogP contribution is 2.21. The van der Waals surface area contributed by atoms with Crippen molar-refractivity contribution in [2.75, 3.05) is 0 Å². The van der Waals surface area contributed by atoms with E-state index in [2.05, 4.69) is 4.98 Å². The number of hydrogen-bond acceptors (Lipinski definition) is 1. The van der Waals surface area contributed by atoms with Gasteiger partial charge in [-0.2, -0.15) is 0 Å². The molecule has 2 aromatic rings. The van der Waals surface area contributed by atoms with Gasteiger partial charge in [0.25, 0.3) is 0 Å². The van der Waals surface area contributed by atoms with E-state index in [1.54, 1.807) is 24.7 Å². The van der Waals surface area contributed by atoms with Crippen molar-refractivity contribution in [3.05, 3.63) is 52.5 Å². The molecule has 2 nitrogen and oxygen atoms in total. The van der Waals surface area contributed by atoms with E-state index in [1.807, 2.05) is 16.8 Å². The van der Waals surface area contributed by atoms with Gasteiger partial charge in [-0.05, 0) is 23.8 Å². The van der Waals surface area contributed by atoms with Crippen LogP contribution in [0.15, 0.2) is 36.9 Å². The Morgan fingerprint density at radius 3 is 2.86 bits per heavy atom. The van der Waals surface area contributed by atoms with Crippen molar-refractivity contribution < 1.29 is 0 Å². The zero-order chi connectivity index (χ0) is 9.97. The van der Waals surface area contributed by atoms with Crippen LogP contribution in [-0.2, 0) is 6.54 Å². The van der Waals surface area contributed by atoms with E-state index in [-0.39, 0.29) is 0 Å². The molecule has 0 aliphatic carbocycles. The van der Waals surface area contributed by atoms with Crippen LogP contribution in [0.5, 0.6) is 0 Å². The summed E-state index contributed by atoms with van der Waals surface area (Å²) in [6, 6.07) is 5.45. The van der Waals surface area contributed by atoms with Crippen LogP contribution in [0.4, 0.5) is 0 Å². The predicted molar refractivity (Wildman–Crippen MR) is 57.8 cm³/mol. The molecule has 0 saturated heterocycles. The summed E-state index contributed by atoms with van der Waals surface area (Å²) in [5.74, 6) is 0. The first-order chi connectivity index (χ1) is 6.75. The Labute approximate surface area is 92.1 Å². The Morgan fingerprint density at radius 2 is 2.14 bits per heavy atom. The topological polar surface area (TPSA) is 17.8 Å². The Morgan fingerprint density at radius 1 is 1.29 bits per heavy atom. The van der Waals surface area contributed by atoms with Gasteiger partial charge in [-0.25, -0.2) is 4.98 Å². The molecule has 0 amide bonds. The summed E-state index contributed by atoms with van der Waals surface area (Å²) in [5.41, 5.74) is 0.997. The second-order valence-electron chi connectivity index (χ2n) is 2.97. The molecular formula is C10H8Cl2N2. The number of hydrogen-bond donors (Lipinski definition) is 0. The van der Waals surface area contributed by atoms with Crippen molar-refractivity contribution in [2.24, 2.45) is 0 Å². The number of rotatable bonds is 2. The van der Waals surface area contributed by atoms with E-state index in [0.29, 0.717) is 11.6 Å². The monoisotopic (exact) mass is 226 g/mol. The standard InChI is InChI=1S/C10H8Cl2N2/c11-9-1-2-10(12)8(5-9)6-14-4-3-13-7-14/h1-5,7H,6H2. The molecule has 4 heteroatoms. The van der Waals surface area contributed by atoms with Gasteiger partial charge >= 0.3 is 0 Å². The van der Waals surface area contributed by atoms with E-state index in [9.17, 15) is 0 Å². The quantitative estimate of drug-likeness (QED) is 0.769. The van der Waals surface area contributed by atoms with E-state index >= 15 is 0 Å². The van der Waals surface area contributed by atoms with Gasteiger partial charge in [0.1, 0.15) is 0 Å². The van der Waals surface area contributed by atoms with E-state index < -0.39 is 0 Å². The molecule has 0 atom stereocenters. The van der Waals surface area contributed by atoms with Crippen LogP contribution in [0.1, 0.15) is 5.56 Å². The molecule has 0 radical (unpaired) electrons. The van der Waals surface area contributed by atoms with Crippen molar-refractivity contribution in [1.82, 2.24) is 9.55 Å². The Balaban J connectivity index is 2.28. The third-order valence-corrected chi connectivity index (χ3v) is 2.52. The largest absolute Gasteiger partial charge is 0.333 e. The van der Waals surface area contributed by atoms with Crippen LogP contribution >= 0.6 is 23.2 Å². The second kappa shape index (κ2) is 4.03. The molecule has 1 aromatic heterocycles. The molecule has 0 saturated carbocycles. The Kier molecular flexibility index (Phi) is 2.75. The van der Waals surface area contributed by atoms with E-state index in [0.717, 1.165) is 10.6 Å². The normalized spacial score (nSPS) is 10.4. The van der Waals surface area contributed by atoms with Crippen LogP contribution < -0.4 is 0 Å². The first-order valence-corrected chi connectivity index (χ1v) is 4.91. The first kappa shape index (κ1) is 9.56. The lowest BCUT2D eigenvalue weighted by atomic mass is 10.2. The third-order valence-electron chi connectivity index (χ3n) is 1.92. The lowest BCUT2D eigenvalue weighted by Gasteiger charge is -2.05. The smallest absolute Gasteiger partial charge is 0.0949 e. The second-order valence-corrected chi connectivity index (χ2v) is 3.81. The SMILES string of the molecule is Clc1ccc(Cl)c(Cn2ccnc2)c1. The fraction of sp³-hybridized carbons (Fsp3) is 0.100. The third kappa shape index (κ3) is 2.08. The van der Waals surface area contributed by atoms with Gasteiger partial charge in [-0.3, -0.25) is 0 Å². The maximum atomic E-state index is 6.02. The van der Waals surface area contributed by atoms with Gasteiger partial charge in [-0.1, -0.05) is 23.2 Å².